The molecule has 0 radical (unpaired) electrons. The van der Waals surface area contributed by atoms with Gasteiger partial charge in [-0.05, 0) is 6.42 Å². The number of rotatable bonds is 7. The lowest BCUT2D eigenvalue weighted by atomic mass is 10.4. The Hall–Kier alpha value is -0.680. The third-order valence-corrected chi connectivity index (χ3v) is 2.17. The highest BCUT2D eigenvalue weighted by Gasteiger charge is 1.93. The average molecular weight is 201 g/mol. The average Bonchev–Trinajstić information content (AvgIpc) is 2.63. The summed E-state index contributed by atoms with van der Waals surface area (Å²) in [7, 11) is 0. The number of ether oxygens (including phenoxy) is 1. The molecule has 0 aromatic carbocycles. The van der Waals surface area contributed by atoms with Gasteiger partial charge in [0.25, 0.3) is 0 Å². The maximum absolute atomic E-state index is 5.37. The van der Waals surface area contributed by atoms with Gasteiger partial charge >= 0.3 is 0 Å². The summed E-state index contributed by atoms with van der Waals surface area (Å²) in [6.45, 7) is 4.55. The summed E-state index contributed by atoms with van der Waals surface area (Å²) in [5, 5.41) is 11.5. The Balaban J connectivity index is 1.90. The van der Waals surface area contributed by atoms with Gasteiger partial charge in [0.15, 0.2) is 0 Å². The predicted molar refractivity (Wildman–Crippen MR) is 54.1 cm³/mol. The number of aromatic nitrogens is 2. The highest BCUT2D eigenvalue weighted by Crippen LogP contribution is 2.06. The normalized spacial score (nSPS) is 10.2. The number of anilines is 1. The molecule has 74 valence electrons. The number of unbranched alkanes of at least 4 members (excludes halogenated alkanes) is 1. The minimum Gasteiger partial charge on any atom is -0.380 e. The molecular formula is C8H15N3OS. The van der Waals surface area contributed by atoms with Gasteiger partial charge in [-0.15, -0.1) is 10.2 Å². The molecule has 0 fully saturated rings. The van der Waals surface area contributed by atoms with Gasteiger partial charge in [0.05, 0.1) is 6.61 Å². The molecule has 0 unspecified atom stereocenters. The van der Waals surface area contributed by atoms with Crippen LogP contribution in [0.25, 0.3) is 0 Å². The van der Waals surface area contributed by atoms with E-state index in [-0.39, 0.29) is 0 Å². The van der Waals surface area contributed by atoms with E-state index in [1.54, 1.807) is 5.51 Å². The molecule has 0 aliphatic carbocycles. The maximum Gasteiger partial charge on any atom is 0.205 e. The fourth-order valence-electron chi connectivity index (χ4n) is 0.829. The summed E-state index contributed by atoms with van der Waals surface area (Å²) in [4.78, 5) is 0. The van der Waals surface area contributed by atoms with Crippen LogP contribution in [0.2, 0.25) is 0 Å². The maximum atomic E-state index is 5.37. The third kappa shape index (κ3) is 4.80. The van der Waals surface area contributed by atoms with Crippen LogP contribution in [-0.4, -0.2) is 30.0 Å². The molecule has 5 heteroatoms. The zero-order valence-corrected chi connectivity index (χ0v) is 8.64. The molecule has 0 saturated carbocycles. The summed E-state index contributed by atoms with van der Waals surface area (Å²) < 4.78 is 5.37. The summed E-state index contributed by atoms with van der Waals surface area (Å²) in [5.41, 5.74) is 1.71. The molecule has 1 heterocycles. The Morgan fingerprint density at radius 1 is 1.54 bits per heavy atom. The van der Waals surface area contributed by atoms with Gasteiger partial charge in [0.1, 0.15) is 5.51 Å². The van der Waals surface area contributed by atoms with Crippen LogP contribution >= 0.6 is 11.3 Å². The van der Waals surface area contributed by atoms with Crippen molar-refractivity contribution in [3.8, 4) is 0 Å². The molecule has 1 rings (SSSR count). The van der Waals surface area contributed by atoms with Crippen molar-refractivity contribution in [2.24, 2.45) is 0 Å². The van der Waals surface area contributed by atoms with Crippen molar-refractivity contribution < 1.29 is 4.74 Å². The minimum atomic E-state index is 0.736. The smallest absolute Gasteiger partial charge is 0.205 e. The Labute approximate surface area is 82.3 Å². The highest BCUT2D eigenvalue weighted by atomic mass is 32.1. The Morgan fingerprint density at radius 2 is 2.46 bits per heavy atom. The molecule has 1 aromatic rings. The van der Waals surface area contributed by atoms with Gasteiger partial charge in [-0.2, -0.15) is 0 Å². The lowest BCUT2D eigenvalue weighted by molar-refractivity contribution is 0.141. The van der Waals surface area contributed by atoms with Crippen molar-refractivity contribution in [3.05, 3.63) is 5.51 Å². The van der Waals surface area contributed by atoms with E-state index in [4.69, 9.17) is 4.74 Å². The van der Waals surface area contributed by atoms with Gasteiger partial charge in [0, 0.05) is 13.2 Å². The molecule has 0 atom stereocenters. The Kier molecular flexibility index (Phi) is 5.44. The second kappa shape index (κ2) is 6.80. The van der Waals surface area contributed by atoms with E-state index in [0.717, 1.165) is 31.3 Å². The quantitative estimate of drug-likeness (QED) is 0.683. The lowest BCUT2D eigenvalue weighted by Gasteiger charge is -2.03. The van der Waals surface area contributed by atoms with Gasteiger partial charge in [-0.25, -0.2) is 0 Å². The van der Waals surface area contributed by atoms with Gasteiger partial charge in [0.2, 0.25) is 5.13 Å². The van der Waals surface area contributed by atoms with Crippen molar-refractivity contribution in [2.75, 3.05) is 25.1 Å². The van der Waals surface area contributed by atoms with Gasteiger partial charge < -0.3 is 10.1 Å². The number of nitrogens with one attached hydrogen (secondary N) is 1. The fourth-order valence-corrected chi connectivity index (χ4v) is 1.30. The fraction of sp³-hybridized carbons (Fsp3) is 0.750. The SMILES string of the molecule is CCCCOCCNc1nncs1. The first-order chi connectivity index (χ1) is 6.43. The standard InChI is InChI=1S/C8H15N3OS/c1-2-3-5-12-6-4-9-8-11-10-7-13-8/h7H,2-6H2,1H3,(H,9,11). The largest absolute Gasteiger partial charge is 0.380 e. The van der Waals surface area contributed by atoms with Crippen LogP contribution < -0.4 is 5.32 Å². The number of hydrogen-bond donors (Lipinski definition) is 1. The molecule has 1 aromatic heterocycles. The molecule has 0 aliphatic heterocycles. The third-order valence-electron chi connectivity index (χ3n) is 1.52. The van der Waals surface area contributed by atoms with E-state index >= 15 is 0 Å². The van der Waals surface area contributed by atoms with Crippen LogP contribution in [0.5, 0.6) is 0 Å². The van der Waals surface area contributed by atoms with E-state index in [2.05, 4.69) is 22.4 Å². The molecule has 13 heavy (non-hydrogen) atoms. The predicted octanol–water partition coefficient (Wildman–Crippen LogP) is 1.77. The minimum absolute atomic E-state index is 0.736. The lowest BCUT2D eigenvalue weighted by Crippen LogP contribution is -2.09. The molecule has 0 spiro atoms. The van der Waals surface area contributed by atoms with Crippen LogP contribution in [-0.2, 0) is 4.74 Å². The first kappa shape index (κ1) is 10.4. The summed E-state index contributed by atoms with van der Waals surface area (Å²) in [6, 6.07) is 0. The zero-order chi connectivity index (χ0) is 9.36. The van der Waals surface area contributed by atoms with Crippen LogP contribution in [0.3, 0.4) is 0 Å². The molecular weight excluding hydrogens is 186 g/mol. The Morgan fingerprint density at radius 3 is 3.15 bits per heavy atom. The van der Waals surface area contributed by atoms with Crippen LogP contribution in [0, 0.1) is 0 Å². The van der Waals surface area contributed by atoms with E-state index in [9.17, 15) is 0 Å². The van der Waals surface area contributed by atoms with Crippen LogP contribution in [0.1, 0.15) is 19.8 Å². The molecule has 0 saturated heterocycles. The number of nitrogens with zero attached hydrogens (tertiary/aromatic N) is 2. The van der Waals surface area contributed by atoms with Crippen molar-refractivity contribution in [1.82, 2.24) is 10.2 Å². The van der Waals surface area contributed by atoms with Crippen molar-refractivity contribution >= 4 is 16.5 Å². The second-order valence-corrected chi connectivity index (χ2v) is 3.47. The molecule has 0 aliphatic rings. The summed E-state index contributed by atoms with van der Waals surface area (Å²) in [6.07, 6.45) is 2.32. The van der Waals surface area contributed by atoms with E-state index in [1.807, 2.05) is 0 Å². The first-order valence-electron chi connectivity index (χ1n) is 4.51. The van der Waals surface area contributed by atoms with Crippen molar-refractivity contribution in [2.45, 2.75) is 19.8 Å². The highest BCUT2D eigenvalue weighted by molar-refractivity contribution is 7.13. The van der Waals surface area contributed by atoms with Crippen LogP contribution in [0.4, 0.5) is 5.13 Å². The molecule has 0 bridgehead atoms. The topological polar surface area (TPSA) is 47.0 Å². The molecule has 1 N–H and O–H groups in total. The van der Waals surface area contributed by atoms with E-state index < -0.39 is 0 Å². The second-order valence-electron chi connectivity index (χ2n) is 2.64. The first-order valence-corrected chi connectivity index (χ1v) is 5.39. The van der Waals surface area contributed by atoms with Gasteiger partial charge in [-0.3, -0.25) is 0 Å². The van der Waals surface area contributed by atoms with Crippen molar-refractivity contribution in [3.63, 3.8) is 0 Å². The zero-order valence-electron chi connectivity index (χ0n) is 7.82. The number of hydrogen-bond acceptors (Lipinski definition) is 5. The van der Waals surface area contributed by atoms with Crippen molar-refractivity contribution in [1.29, 1.82) is 0 Å². The van der Waals surface area contributed by atoms with E-state index in [0.29, 0.717) is 0 Å². The van der Waals surface area contributed by atoms with Gasteiger partial charge in [-0.1, -0.05) is 24.7 Å². The Bertz CT molecular complexity index is 203. The molecule has 4 nitrogen and oxygen atoms in total. The monoisotopic (exact) mass is 201 g/mol. The summed E-state index contributed by atoms with van der Waals surface area (Å²) >= 11 is 1.50. The summed E-state index contributed by atoms with van der Waals surface area (Å²) in [5.74, 6) is 0. The van der Waals surface area contributed by atoms with Crippen LogP contribution in [0.15, 0.2) is 5.51 Å². The molecule has 0 amide bonds. The van der Waals surface area contributed by atoms with E-state index in [1.165, 1.54) is 17.8 Å².